The maximum absolute atomic E-state index is 13.5. The minimum Gasteiger partial charge on any atom is -0.508 e. The van der Waals surface area contributed by atoms with Gasteiger partial charge < -0.3 is 15.2 Å². The van der Waals surface area contributed by atoms with Crippen LogP contribution in [0.5, 0.6) is 11.5 Å². The van der Waals surface area contributed by atoms with Crippen molar-refractivity contribution in [3.63, 3.8) is 0 Å². The van der Waals surface area contributed by atoms with Gasteiger partial charge in [0.25, 0.3) is 0 Å². The second-order valence-corrected chi connectivity index (χ2v) is 8.95. The van der Waals surface area contributed by atoms with E-state index in [-0.39, 0.29) is 29.3 Å². The average molecular weight is 463 g/mol. The van der Waals surface area contributed by atoms with Crippen molar-refractivity contribution >= 4 is 5.91 Å². The van der Waals surface area contributed by atoms with Gasteiger partial charge in [0.15, 0.2) is 0 Å². The summed E-state index contributed by atoms with van der Waals surface area (Å²) in [4.78, 5) is 15.3. The van der Waals surface area contributed by atoms with Crippen molar-refractivity contribution in [2.45, 2.75) is 19.4 Å². The van der Waals surface area contributed by atoms with E-state index in [0.717, 1.165) is 24.9 Å². The number of piperidine rings is 1. The predicted octanol–water partition coefficient (Wildman–Crippen LogP) is 4.41. The Hall–Kier alpha value is -3.38. The maximum atomic E-state index is 13.5. The molecule has 0 aromatic heterocycles. The zero-order valence-corrected chi connectivity index (χ0v) is 19.2. The van der Waals surface area contributed by atoms with Gasteiger partial charge in [0, 0.05) is 38.2 Å². The molecule has 1 saturated heterocycles. The first-order chi connectivity index (χ1) is 16.5. The van der Waals surface area contributed by atoms with Gasteiger partial charge >= 0.3 is 0 Å². The molecule has 0 radical (unpaired) electrons. The minimum absolute atomic E-state index is 0.0575. The van der Waals surface area contributed by atoms with Gasteiger partial charge in [-0.25, -0.2) is 4.39 Å². The van der Waals surface area contributed by atoms with Gasteiger partial charge in [-0.15, -0.1) is 0 Å². The summed E-state index contributed by atoms with van der Waals surface area (Å²) in [6, 6.07) is 23.4. The van der Waals surface area contributed by atoms with E-state index in [0.29, 0.717) is 32.0 Å². The molecule has 5 nitrogen and oxygen atoms in total. The Labute approximate surface area is 200 Å². The Bertz CT molecular complexity index is 1060. The fourth-order valence-corrected chi connectivity index (χ4v) is 4.49. The first-order valence-corrected chi connectivity index (χ1v) is 11.8. The first-order valence-electron chi connectivity index (χ1n) is 11.8. The highest BCUT2D eigenvalue weighted by Crippen LogP contribution is 2.25. The highest BCUT2D eigenvalue weighted by molar-refractivity contribution is 5.79. The standard InChI is InChI=1S/C28H31FN2O3/c29-25-7-4-8-27(16-25)34-20-23-15-24(28(33)30-14-13-21-5-2-1-3-6-21)19-31(18-23)17-22-9-11-26(32)12-10-22/h1-12,16,23-24,32H,13-15,17-20H2,(H,30,33)/t23-,24+/m0/s1. The van der Waals surface area contributed by atoms with Gasteiger partial charge in [0.2, 0.25) is 5.91 Å². The lowest BCUT2D eigenvalue weighted by Gasteiger charge is -2.37. The number of benzene rings is 3. The maximum Gasteiger partial charge on any atom is 0.224 e. The van der Waals surface area contributed by atoms with Gasteiger partial charge in [-0.3, -0.25) is 9.69 Å². The lowest BCUT2D eigenvalue weighted by molar-refractivity contribution is -0.127. The van der Waals surface area contributed by atoms with E-state index in [2.05, 4.69) is 22.3 Å². The quantitative estimate of drug-likeness (QED) is 0.495. The predicted molar refractivity (Wildman–Crippen MR) is 130 cm³/mol. The van der Waals surface area contributed by atoms with Gasteiger partial charge in [0.05, 0.1) is 12.5 Å². The number of rotatable bonds is 9. The largest absolute Gasteiger partial charge is 0.508 e. The van der Waals surface area contributed by atoms with Crippen LogP contribution in [0.4, 0.5) is 4.39 Å². The summed E-state index contributed by atoms with van der Waals surface area (Å²) in [5, 5.41) is 12.7. The smallest absolute Gasteiger partial charge is 0.224 e. The van der Waals surface area contributed by atoms with Crippen molar-refractivity contribution in [2.75, 3.05) is 26.2 Å². The van der Waals surface area contributed by atoms with E-state index in [9.17, 15) is 14.3 Å². The number of nitrogens with zero attached hydrogens (tertiary/aromatic N) is 1. The highest BCUT2D eigenvalue weighted by Gasteiger charge is 2.32. The van der Waals surface area contributed by atoms with Gasteiger partial charge in [-0.1, -0.05) is 48.5 Å². The van der Waals surface area contributed by atoms with Crippen LogP contribution in [0.3, 0.4) is 0 Å². The van der Waals surface area contributed by atoms with Gasteiger partial charge in [-0.2, -0.15) is 0 Å². The number of halogens is 1. The lowest BCUT2D eigenvalue weighted by Crippen LogP contribution is -2.47. The number of ether oxygens (including phenoxy) is 1. The molecule has 6 heteroatoms. The average Bonchev–Trinajstić information content (AvgIpc) is 2.85. The number of likely N-dealkylation sites (tertiary alicyclic amines) is 1. The molecule has 0 spiro atoms. The van der Waals surface area contributed by atoms with Crippen LogP contribution in [-0.2, 0) is 17.8 Å². The molecule has 2 atom stereocenters. The molecule has 1 fully saturated rings. The molecule has 34 heavy (non-hydrogen) atoms. The molecule has 0 unspecified atom stereocenters. The summed E-state index contributed by atoms with van der Waals surface area (Å²) in [6.45, 7) is 3.15. The molecule has 1 aliphatic heterocycles. The van der Waals surface area contributed by atoms with Crippen LogP contribution in [-0.4, -0.2) is 42.2 Å². The topological polar surface area (TPSA) is 61.8 Å². The number of nitrogens with one attached hydrogen (secondary N) is 1. The van der Waals surface area contributed by atoms with E-state index >= 15 is 0 Å². The summed E-state index contributed by atoms with van der Waals surface area (Å²) >= 11 is 0. The van der Waals surface area contributed by atoms with Crippen LogP contribution >= 0.6 is 0 Å². The summed E-state index contributed by atoms with van der Waals surface area (Å²) in [7, 11) is 0. The van der Waals surface area contributed by atoms with Crippen LogP contribution < -0.4 is 10.1 Å². The molecule has 3 aromatic carbocycles. The summed E-state index contributed by atoms with van der Waals surface area (Å²) < 4.78 is 19.4. The van der Waals surface area contributed by atoms with E-state index in [1.54, 1.807) is 24.3 Å². The zero-order chi connectivity index (χ0) is 23.8. The second-order valence-electron chi connectivity index (χ2n) is 8.95. The van der Waals surface area contributed by atoms with E-state index in [4.69, 9.17) is 4.74 Å². The molecule has 178 valence electrons. The number of hydrogen-bond acceptors (Lipinski definition) is 4. The normalized spacial score (nSPS) is 18.4. The number of amides is 1. The number of carbonyl (C=O) groups excluding carboxylic acids is 1. The molecule has 0 saturated carbocycles. The number of hydrogen-bond donors (Lipinski definition) is 2. The summed E-state index contributed by atoms with van der Waals surface area (Å²) in [5.74, 6) is 0.452. The Morgan fingerprint density at radius 1 is 1.00 bits per heavy atom. The van der Waals surface area contributed by atoms with Crippen molar-refractivity contribution in [1.29, 1.82) is 0 Å². The second kappa shape index (κ2) is 11.7. The SMILES string of the molecule is O=C(NCCc1ccccc1)[C@@H]1C[C@H](COc2cccc(F)c2)CN(Cc2ccc(O)cc2)C1. The van der Waals surface area contributed by atoms with Crippen molar-refractivity contribution in [3.8, 4) is 11.5 Å². The van der Waals surface area contributed by atoms with Gasteiger partial charge in [-0.05, 0) is 48.2 Å². The Morgan fingerprint density at radius 3 is 2.56 bits per heavy atom. The molecule has 4 rings (SSSR count). The molecule has 2 N–H and O–H groups in total. The zero-order valence-electron chi connectivity index (χ0n) is 19.2. The third kappa shape index (κ3) is 7.06. The molecule has 0 bridgehead atoms. The first kappa shape index (κ1) is 23.8. The van der Waals surface area contributed by atoms with Crippen molar-refractivity contribution < 1.29 is 19.0 Å². The number of phenols is 1. The lowest BCUT2D eigenvalue weighted by atomic mass is 9.88. The third-order valence-electron chi connectivity index (χ3n) is 6.16. The monoisotopic (exact) mass is 462 g/mol. The Balaban J connectivity index is 1.37. The van der Waals surface area contributed by atoms with Crippen LogP contribution in [0.1, 0.15) is 17.5 Å². The molecule has 0 aliphatic carbocycles. The molecule has 1 aliphatic rings. The Morgan fingerprint density at radius 2 is 1.79 bits per heavy atom. The number of carbonyl (C=O) groups is 1. The highest BCUT2D eigenvalue weighted by atomic mass is 19.1. The molecular weight excluding hydrogens is 431 g/mol. The van der Waals surface area contributed by atoms with E-state index < -0.39 is 0 Å². The minimum atomic E-state index is -0.328. The fraction of sp³-hybridized carbons (Fsp3) is 0.321. The van der Waals surface area contributed by atoms with Crippen LogP contribution in [0.2, 0.25) is 0 Å². The molecule has 1 heterocycles. The summed E-state index contributed by atoms with van der Waals surface area (Å²) in [6.07, 6.45) is 1.52. The van der Waals surface area contributed by atoms with Crippen LogP contribution in [0.15, 0.2) is 78.9 Å². The fourth-order valence-electron chi connectivity index (χ4n) is 4.49. The van der Waals surface area contributed by atoms with E-state index in [1.165, 1.54) is 17.7 Å². The molecular formula is C28H31FN2O3. The van der Waals surface area contributed by atoms with Gasteiger partial charge in [0.1, 0.15) is 17.3 Å². The third-order valence-corrected chi connectivity index (χ3v) is 6.16. The van der Waals surface area contributed by atoms with Crippen molar-refractivity contribution in [2.24, 2.45) is 11.8 Å². The van der Waals surface area contributed by atoms with E-state index in [1.807, 2.05) is 30.3 Å². The van der Waals surface area contributed by atoms with Crippen LogP contribution in [0, 0.1) is 17.7 Å². The van der Waals surface area contributed by atoms with Crippen LogP contribution in [0.25, 0.3) is 0 Å². The summed E-state index contributed by atoms with van der Waals surface area (Å²) in [5.41, 5.74) is 2.27. The number of phenolic OH excluding ortho intramolecular Hbond substituents is 1. The molecule has 1 amide bonds. The molecule has 3 aromatic rings. The van der Waals surface area contributed by atoms with Crippen molar-refractivity contribution in [3.05, 3.63) is 95.8 Å². The Kier molecular flexibility index (Phi) is 8.15. The number of aromatic hydroxyl groups is 1. The van der Waals surface area contributed by atoms with Crippen molar-refractivity contribution in [1.82, 2.24) is 10.2 Å².